The van der Waals surface area contributed by atoms with Gasteiger partial charge in [-0.2, -0.15) is 0 Å². The first-order valence-corrected chi connectivity index (χ1v) is 10.9. The number of thiocarbonyl (C=S) groups is 1. The van der Waals surface area contributed by atoms with Crippen LogP contribution in [0.4, 0.5) is 5.69 Å². The highest BCUT2D eigenvalue weighted by Gasteiger charge is 2.37. The minimum absolute atomic E-state index is 0.299. The maximum Gasteiger partial charge on any atom is 0.179 e. The highest BCUT2D eigenvalue weighted by atomic mass is 32.1. The summed E-state index contributed by atoms with van der Waals surface area (Å²) in [4.78, 5) is 19.2. The van der Waals surface area contributed by atoms with Crippen molar-refractivity contribution in [1.29, 1.82) is 0 Å². The number of aromatic amines is 1. The number of aromatic nitrogens is 6. The number of benzene rings is 2. The van der Waals surface area contributed by atoms with Crippen LogP contribution in [-0.2, 0) is 6.67 Å². The van der Waals surface area contributed by atoms with Crippen LogP contribution in [0.5, 0.6) is 0 Å². The van der Waals surface area contributed by atoms with Gasteiger partial charge in [0.1, 0.15) is 24.1 Å². The molecule has 0 saturated carbocycles. The second-order valence-corrected chi connectivity index (χ2v) is 8.16. The fraction of sp³-hybridized carbons (Fsp3) is 0.130. The number of fused-ring (bicyclic) bond motifs is 2. The van der Waals surface area contributed by atoms with E-state index in [1.165, 1.54) is 0 Å². The van der Waals surface area contributed by atoms with Crippen molar-refractivity contribution in [3.8, 4) is 0 Å². The molecule has 2 N–H and O–H groups in total. The molecule has 1 aliphatic rings. The fourth-order valence-corrected chi connectivity index (χ4v) is 4.41. The van der Waals surface area contributed by atoms with Gasteiger partial charge in [0.05, 0.1) is 28.6 Å². The largest absolute Gasteiger partial charge is 0.345 e. The molecule has 1 unspecified atom stereocenters. The van der Waals surface area contributed by atoms with Crippen LogP contribution in [0, 0.1) is 6.92 Å². The third kappa shape index (κ3) is 3.40. The molecule has 1 fully saturated rings. The first-order valence-electron chi connectivity index (χ1n) is 10.5. The topological polar surface area (TPSA) is 99.9 Å². The summed E-state index contributed by atoms with van der Waals surface area (Å²) in [5.41, 5.74) is 6.30. The van der Waals surface area contributed by atoms with Crippen molar-refractivity contribution in [2.75, 3.05) is 4.90 Å². The molecule has 0 spiro atoms. The number of rotatable bonds is 4. The van der Waals surface area contributed by atoms with Crippen LogP contribution < -0.4 is 10.2 Å². The number of para-hydroxylation sites is 1. The summed E-state index contributed by atoms with van der Waals surface area (Å²) >= 11 is 5.75. The second-order valence-electron chi connectivity index (χ2n) is 7.77. The summed E-state index contributed by atoms with van der Waals surface area (Å²) in [7, 11) is 0. The number of anilines is 1. The van der Waals surface area contributed by atoms with Crippen molar-refractivity contribution in [2.45, 2.75) is 19.6 Å². The molecule has 1 atom stereocenters. The molecule has 0 amide bonds. The van der Waals surface area contributed by atoms with Gasteiger partial charge < -0.3 is 15.2 Å². The fourth-order valence-electron chi connectivity index (χ4n) is 4.10. The maximum absolute atomic E-state index is 5.75. The van der Waals surface area contributed by atoms with E-state index in [9.17, 15) is 0 Å². The lowest BCUT2D eigenvalue weighted by molar-refractivity contribution is 0.625. The number of hydrogen-bond acceptors (Lipinski definition) is 6. The summed E-state index contributed by atoms with van der Waals surface area (Å²) in [5, 5.41) is 12.3. The monoisotopic (exact) mass is 453 g/mol. The SMILES string of the molecule is Cc1cccc(C2C(=NCn3nnc4ccccc43)NC(=S)N2c2ccc3nc[nH]c3c2)n1. The Morgan fingerprint density at radius 3 is 2.88 bits per heavy atom. The predicted molar refractivity (Wildman–Crippen MR) is 131 cm³/mol. The Kier molecular flexibility index (Phi) is 4.58. The number of H-pyrrole nitrogens is 1. The molecule has 3 aromatic heterocycles. The van der Waals surface area contributed by atoms with Gasteiger partial charge in [0.15, 0.2) is 5.11 Å². The van der Waals surface area contributed by atoms with Gasteiger partial charge in [-0.05, 0) is 61.6 Å². The lowest BCUT2D eigenvalue weighted by Crippen LogP contribution is -2.29. The molecule has 5 aromatic rings. The van der Waals surface area contributed by atoms with Gasteiger partial charge in [-0.15, -0.1) is 5.10 Å². The Balaban J connectivity index is 1.43. The van der Waals surface area contributed by atoms with Crippen LogP contribution in [-0.4, -0.2) is 40.9 Å². The molecular weight excluding hydrogens is 434 g/mol. The van der Waals surface area contributed by atoms with Crippen LogP contribution in [0.3, 0.4) is 0 Å². The van der Waals surface area contributed by atoms with E-state index >= 15 is 0 Å². The van der Waals surface area contributed by atoms with E-state index in [-0.39, 0.29) is 6.04 Å². The molecule has 1 aliphatic heterocycles. The number of nitrogens with one attached hydrogen (secondary N) is 2. The number of amidine groups is 1. The van der Waals surface area contributed by atoms with E-state index in [4.69, 9.17) is 22.2 Å². The quantitative estimate of drug-likeness (QED) is 0.402. The average Bonchev–Trinajstić information content (AvgIpc) is 3.54. The molecule has 9 nitrogen and oxygen atoms in total. The maximum atomic E-state index is 5.75. The highest BCUT2D eigenvalue weighted by molar-refractivity contribution is 7.80. The lowest BCUT2D eigenvalue weighted by atomic mass is 10.1. The van der Waals surface area contributed by atoms with E-state index in [0.717, 1.165) is 39.1 Å². The molecule has 0 bridgehead atoms. The third-order valence-corrected chi connectivity index (χ3v) is 5.94. The van der Waals surface area contributed by atoms with E-state index in [1.54, 1.807) is 11.0 Å². The second kappa shape index (κ2) is 7.75. The van der Waals surface area contributed by atoms with Gasteiger partial charge in [0.25, 0.3) is 0 Å². The standard InChI is InChI=1S/C23H19N9S/c1-14-5-4-7-18(27-14)21-22(26-13-31-20-8-3-2-6-17(20)29-30-31)28-23(33)32(21)15-9-10-16-19(11-15)25-12-24-16/h2-12,21H,13H2,1H3,(H,24,25)(H,26,28,33). The molecule has 0 aliphatic carbocycles. The number of nitrogens with zero attached hydrogens (tertiary/aromatic N) is 7. The number of imidazole rings is 1. The zero-order valence-electron chi connectivity index (χ0n) is 17.7. The van der Waals surface area contributed by atoms with Crippen LogP contribution in [0.15, 0.2) is 72.0 Å². The predicted octanol–water partition coefficient (Wildman–Crippen LogP) is 3.50. The molecule has 10 heteroatoms. The molecule has 33 heavy (non-hydrogen) atoms. The van der Waals surface area contributed by atoms with Gasteiger partial charge in [0, 0.05) is 11.4 Å². The van der Waals surface area contributed by atoms with Crippen molar-refractivity contribution < 1.29 is 0 Å². The number of aliphatic imine (C=N–C) groups is 1. The average molecular weight is 454 g/mol. The van der Waals surface area contributed by atoms with E-state index in [0.29, 0.717) is 17.6 Å². The smallest absolute Gasteiger partial charge is 0.179 e. The third-order valence-electron chi connectivity index (χ3n) is 5.64. The number of hydrogen-bond donors (Lipinski definition) is 2. The zero-order valence-corrected chi connectivity index (χ0v) is 18.5. The number of pyridine rings is 1. The first-order chi connectivity index (χ1) is 16.2. The van der Waals surface area contributed by atoms with Gasteiger partial charge in [-0.3, -0.25) is 4.98 Å². The molecule has 6 rings (SSSR count). The van der Waals surface area contributed by atoms with Crippen LogP contribution in [0.2, 0.25) is 0 Å². The van der Waals surface area contributed by atoms with Crippen molar-refractivity contribution in [3.05, 3.63) is 78.4 Å². The Morgan fingerprint density at radius 1 is 1.06 bits per heavy atom. The molecule has 4 heterocycles. The summed E-state index contributed by atoms with van der Waals surface area (Å²) in [6.45, 7) is 2.28. The van der Waals surface area contributed by atoms with Crippen molar-refractivity contribution in [2.24, 2.45) is 4.99 Å². The van der Waals surface area contributed by atoms with E-state index in [1.807, 2.05) is 72.5 Å². The first kappa shape index (κ1) is 19.5. The summed E-state index contributed by atoms with van der Waals surface area (Å²) in [6, 6.07) is 19.5. The van der Waals surface area contributed by atoms with Crippen LogP contribution >= 0.6 is 12.2 Å². The summed E-state index contributed by atoms with van der Waals surface area (Å²) in [5.74, 6) is 0.711. The van der Waals surface area contributed by atoms with Crippen LogP contribution in [0.25, 0.3) is 22.1 Å². The minimum Gasteiger partial charge on any atom is -0.345 e. The van der Waals surface area contributed by atoms with Crippen LogP contribution in [0.1, 0.15) is 17.4 Å². The van der Waals surface area contributed by atoms with Gasteiger partial charge in [0.2, 0.25) is 0 Å². The van der Waals surface area contributed by atoms with Crippen molar-refractivity contribution >= 4 is 50.9 Å². The Bertz CT molecular complexity index is 1530. The van der Waals surface area contributed by atoms with Gasteiger partial charge >= 0.3 is 0 Å². The van der Waals surface area contributed by atoms with Crippen molar-refractivity contribution in [3.63, 3.8) is 0 Å². The minimum atomic E-state index is -0.299. The Labute approximate surface area is 194 Å². The van der Waals surface area contributed by atoms with E-state index < -0.39 is 0 Å². The van der Waals surface area contributed by atoms with Crippen molar-refractivity contribution in [1.82, 2.24) is 35.3 Å². The molecule has 0 radical (unpaired) electrons. The van der Waals surface area contributed by atoms with Gasteiger partial charge in [-0.25, -0.2) is 14.7 Å². The molecular formula is C23H19N9S. The Hall–Kier alpha value is -4.18. The van der Waals surface area contributed by atoms with Gasteiger partial charge in [-0.1, -0.05) is 23.4 Å². The summed E-state index contributed by atoms with van der Waals surface area (Å²) < 4.78 is 1.77. The van der Waals surface area contributed by atoms with E-state index in [2.05, 4.69) is 25.6 Å². The molecule has 1 saturated heterocycles. The summed E-state index contributed by atoms with van der Waals surface area (Å²) in [6.07, 6.45) is 1.68. The normalized spacial score (nSPS) is 17.4. The zero-order chi connectivity index (χ0) is 22.4. The molecule has 2 aromatic carbocycles. The number of aryl methyl sites for hydroxylation is 1. The molecule has 162 valence electrons. The Morgan fingerprint density at radius 2 is 1.97 bits per heavy atom. The highest BCUT2D eigenvalue weighted by Crippen LogP contribution is 2.33. The lowest BCUT2D eigenvalue weighted by Gasteiger charge is -2.24.